The van der Waals surface area contributed by atoms with E-state index in [4.69, 9.17) is 4.74 Å². The van der Waals surface area contributed by atoms with Crippen LogP contribution in [0.1, 0.15) is 30.8 Å². The van der Waals surface area contributed by atoms with E-state index in [2.05, 4.69) is 26.0 Å². The van der Waals surface area contributed by atoms with Crippen molar-refractivity contribution in [2.45, 2.75) is 19.4 Å². The van der Waals surface area contributed by atoms with Crippen LogP contribution in [0, 0.1) is 0 Å². The maximum absolute atomic E-state index is 5.36. The molecule has 0 aliphatic carbocycles. The zero-order chi connectivity index (χ0) is 12.8. The Morgan fingerprint density at radius 1 is 1.50 bits per heavy atom. The molecular weight excluding hydrogens is 248 g/mol. The van der Waals surface area contributed by atoms with E-state index in [1.54, 1.807) is 19.5 Å². The first-order chi connectivity index (χ1) is 8.86. The minimum Gasteiger partial charge on any atom is -0.495 e. The van der Waals surface area contributed by atoms with Crippen LogP contribution in [0.25, 0.3) is 0 Å². The summed E-state index contributed by atoms with van der Waals surface area (Å²) in [5, 5.41) is 3.42. The summed E-state index contributed by atoms with van der Waals surface area (Å²) < 4.78 is 13.7. The molecule has 0 radical (unpaired) electrons. The Balaban J connectivity index is 2.33. The first kappa shape index (κ1) is 12.9. The third kappa shape index (κ3) is 2.83. The van der Waals surface area contributed by atoms with E-state index in [1.165, 1.54) is 11.7 Å². The second-order valence-corrected chi connectivity index (χ2v) is 4.37. The fourth-order valence-corrected chi connectivity index (χ4v) is 2.17. The van der Waals surface area contributed by atoms with Crippen molar-refractivity contribution < 1.29 is 4.74 Å². The smallest absolute Gasteiger partial charge is 0.142 e. The molecule has 5 nitrogen and oxygen atoms in total. The Labute approximate surface area is 111 Å². The molecule has 0 spiro atoms. The summed E-state index contributed by atoms with van der Waals surface area (Å²) in [6.07, 6.45) is 4.58. The molecule has 2 aromatic rings. The number of methoxy groups -OCH3 is 1. The van der Waals surface area contributed by atoms with Crippen molar-refractivity contribution in [3.05, 3.63) is 35.9 Å². The number of hydrogen-bond acceptors (Lipinski definition) is 6. The normalized spacial score (nSPS) is 12.3. The highest BCUT2D eigenvalue weighted by Gasteiger charge is 2.21. The molecule has 96 valence electrons. The summed E-state index contributed by atoms with van der Waals surface area (Å²) in [5.41, 5.74) is 1.73. The van der Waals surface area contributed by atoms with Crippen LogP contribution in [0.15, 0.2) is 24.5 Å². The molecule has 0 fully saturated rings. The summed E-state index contributed by atoms with van der Waals surface area (Å²) in [6, 6.07) is 3.70. The number of rotatable bonds is 6. The van der Waals surface area contributed by atoms with Gasteiger partial charge in [0.25, 0.3) is 0 Å². The highest BCUT2D eigenvalue weighted by atomic mass is 32.1. The van der Waals surface area contributed by atoms with E-state index in [9.17, 15) is 0 Å². The largest absolute Gasteiger partial charge is 0.495 e. The van der Waals surface area contributed by atoms with E-state index in [-0.39, 0.29) is 6.04 Å². The van der Waals surface area contributed by atoms with E-state index >= 15 is 0 Å². The van der Waals surface area contributed by atoms with Gasteiger partial charge in [0.05, 0.1) is 36.8 Å². The van der Waals surface area contributed by atoms with Crippen LogP contribution >= 0.6 is 11.7 Å². The van der Waals surface area contributed by atoms with Crippen molar-refractivity contribution in [3.8, 4) is 5.75 Å². The van der Waals surface area contributed by atoms with Crippen LogP contribution < -0.4 is 10.1 Å². The molecule has 2 rings (SSSR count). The SMILES string of the molecule is CCCNC(c1cnsn1)c1ncccc1OC. The molecule has 0 aliphatic rings. The van der Waals surface area contributed by atoms with Crippen LogP contribution in [0.3, 0.4) is 0 Å². The van der Waals surface area contributed by atoms with Gasteiger partial charge in [-0.05, 0) is 25.1 Å². The summed E-state index contributed by atoms with van der Waals surface area (Å²) in [4.78, 5) is 4.41. The van der Waals surface area contributed by atoms with Gasteiger partial charge in [0.2, 0.25) is 0 Å². The molecular formula is C12H16N4OS. The van der Waals surface area contributed by atoms with Crippen molar-refractivity contribution in [1.29, 1.82) is 0 Å². The Morgan fingerprint density at radius 3 is 3.06 bits per heavy atom. The predicted octanol–water partition coefficient (Wildman–Crippen LogP) is 2.03. The van der Waals surface area contributed by atoms with Gasteiger partial charge in [-0.25, -0.2) is 0 Å². The molecule has 1 N–H and O–H groups in total. The molecule has 0 aromatic carbocycles. The van der Waals surface area contributed by atoms with E-state index < -0.39 is 0 Å². The summed E-state index contributed by atoms with van der Waals surface area (Å²) in [7, 11) is 1.65. The monoisotopic (exact) mass is 264 g/mol. The standard InChI is InChI=1S/C12H16N4OS/c1-3-6-13-11(9-8-15-18-16-9)12-10(17-2)5-4-7-14-12/h4-5,7-8,11,13H,3,6H2,1-2H3. The number of nitrogens with zero attached hydrogens (tertiary/aromatic N) is 3. The minimum absolute atomic E-state index is 0.0696. The summed E-state index contributed by atoms with van der Waals surface area (Å²) >= 11 is 1.20. The zero-order valence-electron chi connectivity index (χ0n) is 10.5. The molecule has 0 bridgehead atoms. The van der Waals surface area contributed by atoms with Gasteiger partial charge in [0.1, 0.15) is 11.4 Å². The van der Waals surface area contributed by atoms with Crippen molar-refractivity contribution in [1.82, 2.24) is 19.0 Å². The lowest BCUT2D eigenvalue weighted by molar-refractivity contribution is 0.399. The summed E-state index contributed by atoms with van der Waals surface area (Å²) in [5.74, 6) is 0.763. The number of nitrogens with one attached hydrogen (secondary N) is 1. The highest BCUT2D eigenvalue weighted by Crippen LogP contribution is 2.26. The van der Waals surface area contributed by atoms with Gasteiger partial charge in [-0.1, -0.05) is 6.92 Å². The third-order valence-corrected chi connectivity index (χ3v) is 3.06. The first-order valence-corrected chi connectivity index (χ1v) is 6.59. The lowest BCUT2D eigenvalue weighted by Crippen LogP contribution is -2.24. The molecule has 18 heavy (non-hydrogen) atoms. The topological polar surface area (TPSA) is 59.9 Å². The Hall–Kier alpha value is -1.53. The van der Waals surface area contributed by atoms with Crippen molar-refractivity contribution in [3.63, 3.8) is 0 Å². The zero-order valence-corrected chi connectivity index (χ0v) is 11.3. The second kappa shape index (κ2) is 6.42. The van der Waals surface area contributed by atoms with Crippen LogP contribution in [-0.4, -0.2) is 27.4 Å². The van der Waals surface area contributed by atoms with Gasteiger partial charge < -0.3 is 10.1 Å². The van der Waals surface area contributed by atoms with Crippen molar-refractivity contribution in [2.75, 3.05) is 13.7 Å². The third-order valence-electron chi connectivity index (χ3n) is 2.57. The Kier molecular flexibility index (Phi) is 4.60. The van der Waals surface area contributed by atoms with E-state index in [1.807, 2.05) is 12.1 Å². The molecule has 1 unspecified atom stereocenters. The molecule has 0 aliphatic heterocycles. The lowest BCUT2D eigenvalue weighted by atomic mass is 10.1. The molecule has 0 amide bonds. The lowest BCUT2D eigenvalue weighted by Gasteiger charge is -2.17. The molecule has 2 heterocycles. The van der Waals surface area contributed by atoms with E-state index in [0.717, 1.165) is 30.1 Å². The van der Waals surface area contributed by atoms with Crippen LogP contribution in [0.2, 0.25) is 0 Å². The number of aromatic nitrogens is 3. The van der Waals surface area contributed by atoms with Gasteiger partial charge in [-0.15, -0.1) is 0 Å². The van der Waals surface area contributed by atoms with E-state index in [0.29, 0.717) is 0 Å². The fraction of sp³-hybridized carbons (Fsp3) is 0.417. The maximum Gasteiger partial charge on any atom is 0.142 e. The van der Waals surface area contributed by atoms with Gasteiger partial charge in [-0.3, -0.25) is 4.98 Å². The first-order valence-electron chi connectivity index (χ1n) is 5.86. The molecule has 0 saturated heterocycles. The average molecular weight is 264 g/mol. The molecule has 6 heteroatoms. The van der Waals surface area contributed by atoms with Crippen LogP contribution in [0.4, 0.5) is 0 Å². The average Bonchev–Trinajstić information content (AvgIpc) is 2.94. The highest BCUT2D eigenvalue weighted by molar-refractivity contribution is 6.99. The second-order valence-electron chi connectivity index (χ2n) is 3.81. The molecule has 1 atom stereocenters. The van der Waals surface area contributed by atoms with Crippen molar-refractivity contribution >= 4 is 11.7 Å². The van der Waals surface area contributed by atoms with Crippen LogP contribution in [-0.2, 0) is 0 Å². The number of pyridine rings is 1. The van der Waals surface area contributed by atoms with Crippen molar-refractivity contribution in [2.24, 2.45) is 0 Å². The Morgan fingerprint density at radius 2 is 2.39 bits per heavy atom. The van der Waals surface area contributed by atoms with Gasteiger partial charge >= 0.3 is 0 Å². The Bertz CT molecular complexity index is 475. The van der Waals surface area contributed by atoms with Crippen LogP contribution in [0.5, 0.6) is 5.75 Å². The van der Waals surface area contributed by atoms with Gasteiger partial charge in [-0.2, -0.15) is 8.75 Å². The fourth-order valence-electron chi connectivity index (χ4n) is 1.72. The maximum atomic E-state index is 5.36. The molecule has 0 saturated carbocycles. The van der Waals surface area contributed by atoms with Gasteiger partial charge in [0, 0.05) is 6.20 Å². The molecule has 2 aromatic heterocycles. The number of ether oxygens (including phenoxy) is 1. The minimum atomic E-state index is -0.0696. The van der Waals surface area contributed by atoms with Gasteiger partial charge in [0.15, 0.2) is 0 Å². The quantitative estimate of drug-likeness (QED) is 0.865. The predicted molar refractivity (Wildman–Crippen MR) is 70.8 cm³/mol. The summed E-state index contributed by atoms with van der Waals surface area (Å²) in [6.45, 7) is 3.01. The number of hydrogen-bond donors (Lipinski definition) is 1.